The fourth-order valence-electron chi connectivity index (χ4n) is 4.42. The van der Waals surface area contributed by atoms with Crippen molar-refractivity contribution in [3.05, 3.63) is 53.8 Å². The average molecular weight is 545 g/mol. The fourth-order valence-corrected chi connectivity index (χ4v) is 5.33. The Bertz CT molecular complexity index is 1350. The zero-order valence-electron chi connectivity index (χ0n) is 21.0. The molecule has 0 saturated carbocycles. The molecule has 0 aromatic heterocycles. The van der Waals surface area contributed by atoms with E-state index >= 15 is 4.39 Å². The molecule has 4 rings (SSSR count). The number of hydrogen-bond donors (Lipinski definition) is 3. The Hall–Kier alpha value is -3.73. The van der Waals surface area contributed by atoms with Gasteiger partial charge in [-0.1, -0.05) is 17.7 Å². The zero-order chi connectivity index (χ0) is 27.4. The summed E-state index contributed by atoms with van der Waals surface area (Å²) in [6.07, 6.45) is -1.17. The van der Waals surface area contributed by atoms with Crippen molar-refractivity contribution < 1.29 is 27.1 Å². The Balaban J connectivity index is 1.50. The van der Waals surface area contributed by atoms with E-state index in [2.05, 4.69) is 21.6 Å². The maximum atomic E-state index is 15.4. The summed E-state index contributed by atoms with van der Waals surface area (Å²) in [5, 5.41) is 12.0. The number of cyclic esters (lactones) is 1. The number of hydrogen-bond acceptors (Lipinski definition) is 8. The van der Waals surface area contributed by atoms with E-state index in [4.69, 9.17) is 4.74 Å². The molecule has 13 heteroatoms. The van der Waals surface area contributed by atoms with E-state index in [1.54, 1.807) is 23.1 Å². The van der Waals surface area contributed by atoms with Gasteiger partial charge >= 0.3 is 6.09 Å². The number of hydrazine groups is 1. The monoisotopic (exact) mass is 544 g/mol. The number of nitrogens with zero attached hydrogens (tertiary/aromatic N) is 3. The SMILES string of the molecule is CC(=O)NC[C@H]1CN(c2ccc(N3CCC(C#N)CC3NNS(=O)(=O)c3ccc(C)cc3)c(F)c2)C(=O)O1. The number of halogens is 1. The zero-order valence-corrected chi connectivity index (χ0v) is 21.8. The smallest absolute Gasteiger partial charge is 0.414 e. The largest absolute Gasteiger partial charge is 0.442 e. The minimum Gasteiger partial charge on any atom is -0.442 e. The molecule has 2 aliphatic rings. The lowest BCUT2D eigenvalue weighted by atomic mass is 9.95. The number of nitrogens with one attached hydrogen (secondary N) is 3. The lowest BCUT2D eigenvalue weighted by molar-refractivity contribution is -0.119. The normalized spacial score (nSPS) is 21.6. The first kappa shape index (κ1) is 27.3. The van der Waals surface area contributed by atoms with Crippen LogP contribution in [0.15, 0.2) is 47.4 Å². The first-order valence-electron chi connectivity index (χ1n) is 12.1. The highest BCUT2D eigenvalue weighted by molar-refractivity contribution is 7.89. The van der Waals surface area contributed by atoms with Crippen LogP contribution in [0, 0.1) is 30.0 Å². The minimum absolute atomic E-state index is 0.0691. The Morgan fingerprint density at radius 3 is 2.63 bits per heavy atom. The van der Waals surface area contributed by atoms with Gasteiger partial charge in [-0.2, -0.15) is 5.26 Å². The molecule has 2 saturated heterocycles. The molecule has 2 aromatic rings. The van der Waals surface area contributed by atoms with E-state index in [-0.39, 0.29) is 47.6 Å². The summed E-state index contributed by atoms with van der Waals surface area (Å²) in [4.78, 5) is 28.8. The van der Waals surface area contributed by atoms with Gasteiger partial charge in [0, 0.05) is 13.5 Å². The van der Waals surface area contributed by atoms with Crippen LogP contribution in [0.1, 0.15) is 25.3 Å². The second-order valence-corrected chi connectivity index (χ2v) is 11.0. The van der Waals surface area contributed by atoms with E-state index < -0.39 is 34.2 Å². The maximum Gasteiger partial charge on any atom is 0.414 e. The summed E-state index contributed by atoms with van der Waals surface area (Å²) in [6.45, 7) is 3.81. The quantitative estimate of drug-likeness (QED) is 0.429. The van der Waals surface area contributed by atoms with Crippen LogP contribution in [-0.4, -0.2) is 52.3 Å². The molecule has 202 valence electrons. The van der Waals surface area contributed by atoms with E-state index in [0.717, 1.165) is 5.56 Å². The number of rotatable bonds is 8. The molecule has 2 fully saturated rings. The van der Waals surface area contributed by atoms with Crippen LogP contribution in [0.2, 0.25) is 0 Å². The predicted octanol–water partition coefficient (Wildman–Crippen LogP) is 2.14. The second kappa shape index (κ2) is 11.3. The van der Waals surface area contributed by atoms with Gasteiger partial charge in [0.25, 0.3) is 10.0 Å². The van der Waals surface area contributed by atoms with Crippen LogP contribution in [0.25, 0.3) is 0 Å². The van der Waals surface area contributed by atoms with E-state index in [1.807, 2.05) is 6.92 Å². The Morgan fingerprint density at radius 1 is 1.24 bits per heavy atom. The summed E-state index contributed by atoms with van der Waals surface area (Å²) < 4.78 is 46.2. The van der Waals surface area contributed by atoms with Gasteiger partial charge in [-0.05, 0) is 50.1 Å². The second-order valence-electron chi connectivity index (χ2n) is 9.31. The predicted molar refractivity (Wildman–Crippen MR) is 137 cm³/mol. The van der Waals surface area contributed by atoms with E-state index in [0.29, 0.717) is 13.0 Å². The van der Waals surface area contributed by atoms with Crippen LogP contribution in [0.5, 0.6) is 0 Å². The molecule has 0 aliphatic carbocycles. The first-order valence-corrected chi connectivity index (χ1v) is 13.6. The molecule has 11 nitrogen and oxygen atoms in total. The van der Waals surface area contributed by atoms with Crippen molar-refractivity contribution in [3.8, 4) is 6.07 Å². The molecular weight excluding hydrogens is 515 g/mol. The number of amides is 2. The number of carbonyl (C=O) groups is 2. The van der Waals surface area contributed by atoms with Gasteiger partial charge in [-0.15, -0.1) is 4.83 Å². The van der Waals surface area contributed by atoms with Crippen molar-refractivity contribution in [1.82, 2.24) is 15.6 Å². The topological polar surface area (TPSA) is 144 Å². The molecule has 3 N–H and O–H groups in total. The molecule has 2 unspecified atom stereocenters. The number of ether oxygens (including phenoxy) is 1. The van der Waals surface area contributed by atoms with Crippen LogP contribution in [0.4, 0.5) is 20.6 Å². The number of aryl methyl sites for hydroxylation is 1. The summed E-state index contributed by atoms with van der Waals surface area (Å²) in [5.41, 5.74) is 4.17. The number of anilines is 2. The van der Waals surface area contributed by atoms with Crippen molar-refractivity contribution in [1.29, 1.82) is 5.26 Å². The standard InChI is InChI=1S/C25H29FN6O5S/c1-16-3-6-21(7-4-16)38(35,36)30-29-24-11-18(13-27)9-10-31(24)23-8-5-19(12-22(23)26)32-15-20(37-25(32)34)14-28-17(2)33/h3-8,12,18,20,24,29-30H,9-11,14-15H2,1-2H3,(H,28,33)/t18?,20-,24?/m0/s1. The van der Waals surface area contributed by atoms with E-state index in [1.165, 1.54) is 36.1 Å². The van der Waals surface area contributed by atoms with Crippen molar-refractivity contribution in [2.45, 2.75) is 43.9 Å². The fraction of sp³-hybridized carbons (Fsp3) is 0.400. The third-order valence-electron chi connectivity index (χ3n) is 6.48. The van der Waals surface area contributed by atoms with Crippen molar-refractivity contribution >= 4 is 33.4 Å². The van der Waals surface area contributed by atoms with Gasteiger partial charge in [0.1, 0.15) is 11.9 Å². The highest BCUT2D eigenvalue weighted by Gasteiger charge is 2.34. The summed E-state index contributed by atoms with van der Waals surface area (Å²) in [6, 6.07) is 12.8. The third-order valence-corrected chi connectivity index (χ3v) is 7.76. The van der Waals surface area contributed by atoms with Crippen LogP contribution in [-0.2, 0) is 19.6 Å². The Morgan fingerprint density at radius 2 is 1.97 bits per heavy atom. The summed E-state index contributed by atoms with van der Waals surface area (Å²) >= 11 is 0. The number of benzene rings is 2. The molecular formula is C25H29FN6O5S. The number of sulfonamides is 1. The number of carbonyl (C=O) groups excluding carboxylic acids is 2. The molecule has 2 amide bonds. The molecule has 3 atom stereocenters. The lowest BCUT2D eigenvalue weighted by Gasteiger charge is -2.39. The van der Waals surface area contributed by atoms with Gasteiger partial charge in [0.2, 0.25) is 5.91 Å². The molecule has 2 heterocycles. The van der Waals surface area contributed by atoms with Crippen LogP contribution >= 0.6 is 0 Å². The van der Waals surface area contributed by atoms with Gasteiger partial charge < -0.3 is 15.0 Å². The van der Waals surface area contributed by atoms with Crippen molar-refractivity contribution in [3.63, 3.8) is 0 Å². The maximum absolute atomic E-state index is 15.4. The Labute approximate surface area is 220 Å². The highest BCUT2D eigenvalue weighted by atomic mass is 32.2. The Kier molecular flexibility index (Phi) is 8.15. The van der Waals surface area contributed by atoms with Crippen molar-refractivity contribution in [2.75, 3.05) is 29.4 Å². The average Bonchev–Trinajstić information content (AvgIpc) is 3.27. The molecule has 0 bridgehead atoms. The van der Waals surface area contributed by atoms with Gasteiger partial charge in [-0.25, -0.2) is 23.0 Å². The first-order chi connectivity index (χ1) is 18.1. The summed E-state index contributed by atoms with van der Waals surface area (Å²) in [7, 11) is -3.90. The van der Waals surface area contributed by atoms with Gasteiger partial charge in [-0.3, -0.25) is 9.69 Å². The molecule has 2 aliphatic heterocycles. The number of piperidine rings is 1. The minimum atomic E-state index is -3.90. The van der Waals surface area contributed by atoms with Crippen molar-refractivity contribution in [2.24, 2.45) is 5.92 Å². The molecule has 38 heavy (non-hydrogen) atoms. The molecule has 2 aromatic carbocycles. The third kappa shape index (κ3) is 6.21. The van der Waals surface area contributed by atoms with Crippen LogP contribution in [0.3, 0.4) is 0 Å². The van der Waals surface area contributed by atoms with Gasteiger partial charge in [0.15, 0.2) is 0 Å². The molecule has 0 spiro atoms. The van der Waals surface area contributed by atoms with Gasteiger partial charge in [0.05, 0.1) is 47.5 Å². The summed E-state index contributed by atoms with van der Waals surface area (Å²) in [5.74, 6) is -1.21. The number of nitriles is 1. The van der Waals surface area contributed by atoms with Crippen LogP contribution < -0.4 is 25.4 Å². The lowest BCUT2D eigenvalue weighted by Crippen LogP contribution is -2.56. The molecule has 0 radical (unpaired) electrons. The highest BCUT2D eigenvalue weighted by Crippen LogP contribution is 2.32. The van der Waals surface area contributed by atoms with E-state index in [9.17, 15) is 23.3 Å².